The van der Waals surface area contributed by atoms with Gasteiger partial charge in [-0.2, -0.15) is 0 Å². The second-order valence-electron chi connectivity index (χ2n) is 6.94. The van der Waals surface area contributed by atoms with Crippen molar-refractivity contribution in [1.29, 1.82) is 0 Å². The molecular formula is C16H28N2O3. The maximum atomic E-state index is 12.8. The van der Waals surface area contributed by atoms with Gasteiger partial charge in [-0.1, -0.05) is 12.8 Å². The fraction of sp³-hybridized carbons (Fsp3) is 0.938. The van der Waals surface area contributed by atoms with Crippen LogP contribution in [-0.4, -0.2) is 59.9 Å². The van der Waals surface area contributed by atoms with E-state index in [0.29, 0.717) is 19.1 Å². The largest absolute Gasteiger partial charge is 0.394 e. The number of hydrogen-bond donors (Lipinski definition) is 2. The molecule has 2 heterocycles. The molecule has 2 aliphatic heterocycles. The maximum Gasteiger partial charge on any atom is 0.239 e. The number of ether oxygens (including phenoxy) is 1. The van der Waals surface area contributed by atoms with Gasteiger partial charge in [0.05, 0.1) is 24.9 Å². The zero-order valence-electron chi connectivity index (χ0n) is 13.0. The first kappa shape index (κ1) is 15.3. The minimum atomic E-state index is -0.233. The van der Waals surface area contributed by atoms with Crippen molar-refractivity contribution >= 4 is 5.91 Å². The lowest BCUT2D eigenvalue weighted by Crippen LogP contribution is -2.59. The summed E-state index contributed by atoms with van der Waals surface area (Å²) in [6, 6.07) is 0.502. The van der Waals surface area contributed by atoms with Crippen molar-refractivity contribution in [2.24, 2.45) is 5.92 Å². The molecule has 3 fully saturated rings. The Morgan fingerprint density at radius 1 is 1.24 bits per heavy atom. The molecule has 1 amide bonds. The van der Waals surface area contributed by atoms with Gasteiger partial charge >= 0.3 is 0 Å². The Hall–Kier alpha value is -0.650. The van der Waals surface area contributed by atoms with Gasteiger partial charge in [-0.15, -0.1) is 0 Å². The lowest BCUT2D eigenvalue weighted by Gasteiger charge is -2.43. The molecule has 0 spiro atoms. The summed E-state index contributed by atoms with van der Waals surface area (Å²) in [6.07, 6.45) is 7.08. The Kier molecular flexibility index (Phi) is 4.82. The van der Waals surface area contributed by atoms with Crippen molar-refractivity contribution in [2.75, 3.05) is 19.7 Å². The van der Waals surface area contributed by atoms with Gasteiger partial charge in [-0.25, -0.2) is 0 Å². The summed E-state index contributed by atoms with van der Waals surface area (Å²) in [5, 5.41) is 12.9. The van der Waals surface area contributed by atoms with Gasteiger partial charge < -0.3 is 20.1 Å². The molecule has 1 aliphatic carbocycles. The third kappa shape index (κ3) is 3.41. The van der Waals surface area contributed by atoms with Gasteiger partial charge in [-0.3, -0.25) is 4.79 Å². The van der Waals surface area contributed by atoms with Crippen LogP contribution in [0.2, 0.25) is 0 Å². The van der Waals surface area contributed by atoms with E-state index in [-0.39, 0.29) is 30.8 Å². The molecule has 2 saturated heterocycles. The average Bonchev–Trinajstić information content (AvgIpc) is 2.53. The summed E-state index contributed by atoms with van der Waals surface area (Å²) < 4.78 is 5.62. The number of carbonyl (C=O) groups excluding carboxylic acids is 1. The Morgan fingerprint density at radius 3 is 2.86 bits per heavy atom. The summed E-state index contributed by atoms with van der Waals surface area (Å²) in [6.45, 7) is 3.11. The number of nitrogens with one attached hydrogen (secondary N) is 1. The number of fused-ring (bicyclic) bond motifs is 1. The number of amides is 1. The van der Waals surface area contributed by atoms with Gasteiger partial charge in [0.1, 0.15) is 0 Å². The number of aliphatic hydroxyl groups excluding tert-OH is 1. The predicted octanol–water partition coefficient (Wildman–Crippen LogP) is 0.905. The van der Waals surface area contributed by atoms with Crippen LogP contribution in [0.25, 0.3) is 0 Å². The molecule has 0 radical (unpaired) electrons. The van der Waals surface area contributed by atoms with E-state index in [1.807, 2.05) is 11.8 Å². The highest BCUT2D eigenvalue weighted by atomic mass is 16.5. The lowest BCUT2D eigenvalue weighted by molar-refractivity contribution is -0.150. The smallest absolute Gasteiger partial charge is 0.239 e. The number of hydrogen-bond acceptors (Lipinski definition) is 4. The Bertz CT molecular complexity index is 377. The summed E-state index contributed by atoms with van der Waals surface area (Å²) >= 11 is 0. The molecule has 21 heavy (non-hydrogen) atoms. The molecule has 5 unspecified atom stereocenters. The highest BCUT2D eigenvalue weighted by Gasteiger charge is 2.37. The molecule has 5 nitrogen and oxygen atoms in total. The molecular weight excluding hydrogens is 268 g/mol. The van der Waals surface area contributed by atoms with E-state index in [2.05, 4.69) is 5.32 Å². The standard InChI is InChI=1S/C16H28N2O3/c1-11-8-18(9-13(10-19)21-11)16(20)15-7-6-12-4-2-3-5-14(12)17-15/h11-15,17,19H,2-10H2,1H3. The van der Waals surface area contributed by atoms with Crippen molar-refractivity contribution in [3.05, 3.63) is 0 Å². The molecule has 2 N–H and O–H groups in total. The van der Waals surface area contributed by atoms with Crippen molar-refractivity contribution in [3.8, 4) is 0 Å². The highest BCUT2D eigenvalue weighted by Crippen LogP contribution is 2.32. The Labute approximate surface area is 127 Å². The Balaban J connectivity index is 1.59. The third-order valence-electron chi connectivity index (χ3n) is 5.29. The van der Waals surface area contributed by atoms with Gasteiger partial charge in [0.15, 0.2) is 0 Å². The molecule has 120 valence electrons. The van der Waals surface area contributed by atoms with Gasteiger partial charge in [-0.05, 0) is 38.5 Å². The first-order valence-corrected chi connectivity index (χ1v) is 8.48. The summed E-state index contributed by atoms with van der Waals surface area (Å²) in [7, 11) is 0. The topological polar surface area (TPSA) is 61.8 Å². The molecule has 1 saturated carbocycles. The number of morpholine rings is 1. The SMILES string of the molecule is CC1CN(C(=O)C2CCC3CCCCC3N2)CC(CO)O1. The van der Waals surface area contributed by atoms with Crippen LogP contribution in [0.4, 0.5) is 0 Å². The van der Waals surface area contributed by atoms with Crippen LogP contribution in [0.1, 0.15) is 45.4 Å². The van der Waals surface area contributed by atoms with Crippen molar-refractivity contribution in [3.63, 3.8) is 0 Å². The molecule has 0 aromatic heterocycles. The molecule has 5 atom stereocenters. The quantitative estimate of drug-likeness (QED) is 0.795. The van der Waals surface area contributed by atoms with E-state index >= 15 is 0 Å². The number of carbonyl (C=O) groups is 1. The molecule has 3 rings (SSSR count). The number of nitrogens with zero attached hydrogens (tertiary/aromatic N) is 1. The van der Waals surface area contributed by atoms with Crippen LogP contribution < -0.4 is 5.32 Å². The molecule has 5 heteroatoms. The van der Waals surface area contributed by atoms with Crippen molar-refractivity contribution in [2.45, 2.75) is 69.7 Å². The third-order valence-corrected chi connectivity index (χ3v) is 5.29. The number of rotatable bonds is 2. The zero-order valence-corrected chi connectivity index (χ0v) is 13.0. The highest BCUT2D eigenvalue weighted by molar-refractivity contribution is 5.82. The first-order valence-electron chi connectivity index (χ1n) is 8.48. The zero-order chi connectivity index (χ0) is 14.8. The fourth-order valence-corrected chi connectivity index (χ4v) is 4.24. The summed E-state index contributed by atoms with van der Waals surface area (Å²) in [5.74, 6) is 0.976. The van der Waals surface area contributed by atoms with Gasteiger partial charge in [0.2, 0.25) is 5.91 Å². The van der Waals surface area contributed by atoms with E-state index < -0.39 is 0 Å². The fourth-order valence-electron chi connectivity index (χ4n) is 4.24. The second-order valence-corrected chi connectivity index (χ2v) is 6.94. The Morgan fingerprint density at radius 2 is 2.05 bits per heavy atom. The molecule has 0 bridgehead atoms. The lowest BCUT2D eigenvalue weighted by atomic mass is 9.77. The van der Waals surface area contributed by atoms with Gasteiger partial charge in [0.25, 0.3) is 0 Å². The van der Waals surface area contributed by atoms with Crippen molar-refractivity contribution < 1.29 is 14.6 Å². The minimum absolute atomic E-state index is 0.00543. The molecule has 0 aromatic rings. The second kappa shape index (κ2) is 6.63. The van der Waals surface area contributed by atoms with E-state index in [0.717, 1.165) is 12.3 Å². The normalized spacial score (nSPS) is 40.7. The van der Waals surface area contributed by atoms with Crippen LogP contribution in [0.15, 0.2) is 0 Å². The van der Waals surface area contributed by atoms with E-state index in [1.165, 1.54) is 32.1 Å². The monoisotopic (exact) mass is 296 g/mol. The summed E-state index contributed by atoms with van der Waals surface area (Å²) in [4.78, 5) is 14.6. The van der Waals surface area contributed by atoms with E-state index in [4.69, 9.17) is 4.74 Å². The van der Waals surface area contributed by atoms with E-state index in [9.17, 15) is 9.90 Å². The average molecular weight is 296 g/mol. The molecule has 0 aromatic carbocycles. The van der Waals surface area contributed by atoms with Crippen LogP contribution in [0.5, 0.6) is 0 Å². The van der Waals surface area contributed by atoms with Crippen molar-refractivity contribution in [1.82, 2.24) is 10.2 Å². The van der Waals surface area contributed by atoms with Crippen LogP contribution in [-0.2, 0) is 9.53 Å². The maximum absolute atomic E-state index is 12.8. The van der Waals surface area contributed by atoms with Gasteiger partial charge in [0, 0.05) is 19.1 Å². The summed E-state index contributed by atoms with van der Waals surface area (Å²) in [5.41, 5.74) is 0. The van der Waals surface area contributed by atoms with Crippen LogP contribution >= 0.6 is 0 Å². The van der Waals surface area contributed by atoms with E-state index in [1.54, 1.807) is 0 Å². The molecule has 3 aliphatic rings. The predicted molar refractivity (Wildman–Crippen MR) is 79.9 cm³/mol. The van der Waals surface area contributed by atoms with Crippen LogP contribution in [0, 0.1) is 5.92 Å². The minimum Gasteiger partial charge on any atom is -0.394 e. The number of piperidine rings is 1. The van der Waals surface area contributed by atoms with Crippen LogP contribution in [0.3, 0.4) is 0 Å². The number of aliphatic hydroxyl groups is 1. The first-order chi connectivity index (χ1) is 10.2.